The highest BCUT2D eigenvalue weighted by atomic mass is 15.6. The second-order valence-corrected chi connectivity index (χ2v) is 4.93. The molecule has 0 saturated carbocycles. The zero-order valence-corrected chi connectivity index (χ0v) is 10.8. The molecule has 0 aromatic carbocycles. The minimum Gasteiger partial charge on any atom is -0.346 e. The van der Waals surface area contributed by atoms with Gasteiger partial charge in [-0.3, -0.25) is 10.3 Å². The van der Waals surface area contributed by atoms with E-state index in [9.17, 15) is 0 Å². The molecule has 4 heterocycles. The molecule has 98 valence electrons. The van der Waals surface area contributed by atoms with Gasteiger partial charge in [0.2, 0.25) is 0 Å². The predicted octanol–water partition coefficient (Wildman–Crippen LogP) is 1.19. The van der Waals surface area contributed by atoms with Crippen molar-refractivity contribution >= 4 is 22.1 Å². The third-order valence-corrected chi connectivity index (χ3v) is 3.90. The van der Waals surface area contributed by atoms with E-state index in [1.807, 2.05) is 18.7 Å². The molecule has 3 aromatic rings. The van der Waals surface area contributed by atoms with Gasteiger partial charge in [-0.15, -0.1) is 0 Å². The van der Waals surface area contributed by atoms with Gasteiger partial charge in [0, 0.05) is 18.1 Å². The smallest absolute Gasteiger partial charge is 0.139 e. The summed E-state index contributed by atoms with van der Waals surface area (Å²) in [6.07, 6.45) is 6.77. The van der Waals surface area contributed by atoms with E-state index in [2.05, 4.69) is 42.9 Å². The molecule has 3 aromatic heterocycles. The average molecular weight is 256 g/mol. The quantitative estimate of drug-likeness (QED) is 0.723. The van der Waals surface area contributed by atoms with Crippen LogP contribution in [0.4, 0.5) is 0 Å². The molecule has 0 amide bonds. The fourth-order valence-electron chi connectivity index (χ4n) is 2.88. The van der Waals surface area contributed by atoms with Gasteiger partial charge in [-0.1, -0.05) is 6.92 Å². The molecule has 1 aliphatic heterocycles. The number of rotatable bonds is 2. The molecule has 2 N–H and O–H groups in total. The van der Waals surface area contributed by atoms with Crippen molar-refractivity contribution < 1.29 is 0 Å². The zero-order chi connectivity index (χ0) is 12.8. The monoisotopic (exact) mass is 256 g/mol. The summed E-state index contributed by atoms with van der Waals surface area (Å²) in [5.74, 6) is 0. The van der Waals surface area contributed by atoms with Crippen LogP contribution in [-0.4, -0.2) is 38.9 Å². The first kappa shape index (κ1) is 10.8. The maximum Gasteiger partial charge on any atom is 0.139 e. The summed E-state index contributed by atoms with van der Waals surface area (Å²) in [4.78, 5) is 12.0. The Morgan fingerprint density at radius 2 is 2.37 bits per heavy atom. The summed E-state index contributed by atoms with van der Waals surface area (Å²) in [6.45, 7) is 4.10. The number of nitrogens with zero attached hydrogens (tertiary/aromatic N) is 4. The van der Waals surface area contributed by atoms with Gasteiger partial charge in [-0.2, -0.15) is 0 Å². The number of fused-ring (bicyclic) bond motifs is 3. The SMILES string of the molecule is CC[C@@H]1CNCN1n1cnc2cnc3[nH]ccc3c21. The highest BCUT2D eigenvalue weighted by molar-refractivity contribution is 6.01. The van der Waals surface area contributed by atoms with E-state index in [1.54, 1.807) is 0 Å². The van der Waals surface area contributed by atoms with Crippen LogP contribution in [0.1, 0.15) is 13.3 Å². The van der Waals surface area contributed by atoms with Crippen LogP contribution in [0.5, 0.6) is 0 Å². The van der Waals surface area contributed by atoms with E-state index >= 15 is 0 Å². The van der Waals surface area contributed by atoms with Crippen LogP contribution in [0.15, 0.2) is 24.8 Å². The lowest BCUT2D eigenvalue weighted by atomic mass is 10.2. The lowest BCUT2D eigenvalue weighted by Crippen LogP contribution is -2.39. The Kier molecular flexibility index (Phi) is 2.25. The number of pyridine rings is 1. The number of aromatic amines is 1. The molecule has 0 aliphatic carbocycles. The third-order valence-electron chi connectivity index (χ3n) is 3.90. The molecular weight excluding hydrogens is 240 g/mol. The first-order valence-electron chi connectivity index (χ1n) is 6.65. The molecule has 1 fully saturated rings. The number of hydrogen-bond donors (Lipinski definition) is 2. The van der Waals surface area contributed by atoms with E-state index in [4.69, 9.17) is 0 Å². The molecular formula is C13H16N6. The zero-order valence-electron chi connectivity index (χ0n) is 10.8. The van der Waals surface area contributed by atoms with Crippen LogP contribution in [0.25, 0.3) is 22.1 Å². The molecule has 0 bridgehead atoms. The summed E-state index contributed by atoms with van der Waals surface area (Å²) in [5, 5.41) is 6.88. The van der Waals surface area contributed by atoms with Gasteiger partial charge in [0.05, 0.1) is 18.9 Å². The summed E-state index contributed by atoms with van der Waals surface area (Å²) >= 11 is 0. The van der Waals surface area contributed by atoms with E-state index in [0.717, 1.165) is 41.7 Å². The maximum atomic E-state index is 4.48. The Hall–Kier alpha value is -2.08. The fourth-order valence-corrected chi connectivity index (χ4v) is 2.88. The largest absolute Gasteiger partial charge is 0.346 e. The Labute approximate surface area is 110 Å². The van der Waals surface area contributed by atoms with Gasteiger partial charge < -0.3 is 4.98 Å². The van der Waals surface area contributed by atoms with Crippen LogP contribution in [0.3, 0.4) is 0 Å². The van der Waals surface area contributed by atoms with Crippen molar-refractivity contribution in [3.8, 4) is 0 Å². The molecule has 6 heteroatoms. The summed E-state index contributed by atoms with van der Waals surface area (Å²) in [5.41, 5.74) is 2.98. The van der Waals surface area contributed by atoms with Gasteiger partial charge in [0.15, 0.2) is 0 Å². The number of nitrogens with one attached hydrogen (secondary N) is 2. The summed E-state index contributed by atoms with van der Waals surface area (Å²) in [7, 11) is 0. The topological polar surface area (TPSA) is 61.8 Å². The Bertz CT molecular complexity index is 727. The normalized spacial score (nSPS) is 19.8. The Morgan fingerprint density at radius 1 is 1.42 bits per heavy atom. The van der Waals surface area contributed by atoms with Crippen molar-refractivity contribution in [2.45, 2.75) is 19.4 Å². The minimum absolute atomic E-state index is 0.513. The van der Waals surface area contributed by atoms with Crippen LogP contribution in [-0.2, 0) is 0 Å². The van der Waals surface area contributed by atoms with Gasteiger partial charge in [-0.25, -0.2) is 14.6 Å². The lowest BCUT2D eigenvalue weighted by Gasteiger charge is -2.26. The molecule has 1 aliphatic rings. The standard InChI is InChI=1S/C13H16N6/c1-2-9-5-14-7-18(9)19-8-17-11-6-16-13-10(12(11)19)3-4-15-13/h3-4,6,8-9,14H,2,5,7H2,1H3,(H,15,16)/t9-/m1/s1. The van der Waals surface area contributed by atoms with Crippen molar-refractivity contribution in [1.82, 2.24) is 24.9 Å². The van der Waals surface area contributed by atoms with Crippen molar-refractivity contribution in [3.05, 3.63) is 24.8 Å². The summed E-state index contributed by atoms with van der Waals surface area (Å²) < 4.78 is 2.17. The highest BCUT2D eigenvalue weighted by Crippen LogP contribution is 2.23. The molecule has 0 radical (unpaired) electrons. The second kappa shape index (κ2) is 3.96. The molecule has 0 unspecified atom stereocenters. The predicted molar refractivity (Wildman–Crippen MR) is 74.6 cm³/mol. The average Bonchev–Trinajstić information content (AvgIpc) is 3.15. The van der Waals surface area contributed by atoms with E-state index in [-0.39, 0.29) is 0 Å². The number of aromatic nitrogens is 4. The minimum atomic E-state index is 0.513. The van der Waals surface area contributed by atoms with Crippen molar-refractivity contribution in [1.29, 1.82) is 0 Å². The molecule has 19 heavy (non-hydrogen) atoms. The van der Waals surface area contributed by atoms with Gasteiger partial charge in [0.25, 0.3) is 0 Å². The first-order valence-corrected chi connectivity index (χ1v) is 6.65. The van der Waals surface area contributed by atoms with Gasteiger partial charge in [0.1, 0.15) is 23.0 Å². The fraction of sp³-hybridized carbons (Fsp3) is 0.385. The van der Waals surface area contributed by atoms with E-state index in [1.165, 1.54) is 0 Å². The van der Waals surface area contributed by atoms with Crippen LogP contribution < -0.4 is 10.3 Å². The maximum absolute atomic E-state index is 4.48. The van der Waals surface area contributed by atoms with Crippen LogP contribution in [0, 0.1) is 0 Å². The Balaban J connectivity index is 1.96. The van der Waals surface area contributed by atoms with Gasteiger partial charge in [-0.05, 0) is 12.5 Å². The van der Waals surface area contributed by atoms with Crippen molar-refractivity contribution in [2.75, 3.05) is 18.2 Å². The number of H-pyrrole nitrogens is 1. The second-order valence-electron chi connectivity index (χ2n) is 4.93. The highest BCUT2D eigenvalue weighted by Gasteiger charge is 2.24. The summed E-state index contributed by atoms with van der Waals surface area (Å²) in [6, 6.07) is 2.58. The first-order chi connectivity index (χ1) is 9.38. The Morgan fingerprint density at radius 3 is 3.26 bits per heavy atom. The molecule has 1 atom stereocenters. The van der Waals surface area contributed by atoms with E-state index < -0.39 is 0 Å². The van der Waals surface area contributed by atoms with E-state index in [0.29, 0.717) is 6.04 Å². The molecule has 4 rings (SSSR count). The van der Waals surface area contributed by atoms with Crippen LogP contribution >= 0.6 is 0 Å². The number of imidazole rings is 1. The van der Waals surface area contributed by atoms with Crippen molar-refractivity contribution in [3.63, 3.8) is 0 Å². The van der Waals surface area contributed by atoms with Crippen LogP contribution in [0.2, 0.25) is 0 Å². The molecule has 6 nitrogen and oxygen atoms in total. The lowest BCUT2D eigenvalue weighted by molar-refractivity contribution is 0.552. The molecule has 1 saturated heterocycles. The van der Waals surface area contributed by atoms with Gasteiger partial charge >= 0.3 is 0 Å². The van der Waals surface area contributed by atoms with Crippen molar-refractivity contribution in [2.24, 2.45) is 0 Å². The number of hydrogen-bond acceptors (Lipinski definition) is 4. The third kappa shape index (κ3) is 1.46. The molecule has 0 spiro atoms.